The topological polar surface area (TPSA) is 58.6 Å². The van der Waals surface area contributed by atoms with Gasteiger partial charge in [-0.05, 0) is 18.5 Å². The number of ether oxygens (including phenoxy) is 1. The summed E-state index contributed by atoms with van der Waals surface area (Å²) in [5.41, 5.74) is 0.634. The summed E-state index contributed by atoms with van der Waals surface area (Å²) in [6.45, 7) is 3.73. The molecule has 0 aliphatic carbocycles. The number of hydrogen-bond acceptors (Lipinski definition) is 4. The number of hydrogen-bond donors (Lipinski definition) is 1. The van der Waals surface area contributed by atoms with Crippen LogP contribution in [0.15, 0.2) is 24.0 Å². The quantitative estimate of drug-likeness (QED) is 0.759. The Morgan fingerprint density at radius 3 is 2.61 bits per heavy atom. The highest BCUT2D eigenvalue weighted by molar-refractivity contribution is 5.96. The highest BCUT2D eigenvalue weighted by atomic mass is 16.5. The van der Waals surface area contributed by atoms with Gasteiger partial charge in [-0.3, -0.25) is 4.79 Å². The molecule has 0 spiro atoms. The van der Waals surface area contributed by atoms with Gasteiger partial charge in [0.05, 0.1) is 7.11 Å². The zero-order chi connectivity index (χ0) is 13.7. The lowest BCUT2D eigenvalue weighted by atomic mass is 10.0. The second kappa shape index (κ2) is 6.23. The predicted octanol–water partition coefficient (Wildman–Crippen LogP) is 1.03. The van der Waals surface area contributed by atoms with E-state index in [-0.39, 0.29) is 11.8 Å². The molecule has 0 aromatic heterocycles. The molecule has 0 fully saturated rings. The van der Waals surface area contributed by atoms with Crippen molar-refractivity contribution < 1.29 is 14.3 Å². The third-order valence-corrected chi connectivity index (χ3v) is 2.74. The molecular formula is C13H20N2O3. The van der Waals surface area contributed by atoms with Crippen molar-refractivity contribution in [2.75, 3.05) is 14.2 Å². The molecule has 18 heavy (non-hydrogen) atoms. The third kappa shape index (κ3) is 3.61. The molecule has 0 saturated carbocycles. The fourth-order valence-electron chi connectivity index (χ4n) is 1.70. The van der Waals surface area contributed by atoms with Crippen molar-refractivity contribution in [3.8, 4) is 0 Å². The summed E-state index contributed by atoms with van der Waals surface area (Å²) in [6, 6.07) is -0.611. The van der Waals surface area contributed by atoms with Gasteiger partial charge in [-0.25, -0.2) is 4.79 Å². The van der Waals surface area contributed by atoms with E-state index in [1.54, 1.807) is 11.1 Å². The molecule has 0 aromatic carbocycles. The van der Waals surface area contributed by atoms with Gasteiger partial charge in [0.15, 0.2) is 0 Å². The van der Waals surface area contributed by atoms with Gasteiger partial charge in [-0.1, -0.05) is 19.9 Å². The smallest absolute Gasteiger partial charge is 0.328 e. The first-order valence-electron chi connectivity index (χ1n) is 5.93. The number of carbonyl (C=O) groups excluding carboxylic acids is 2. The Morgan fingerprint density at radius 1 is 1.44 bits per heavy atom. The van der Waals surface area contributed by atoms with Crippen molar-refractivity contribution in [2.45, 2.75) is 26.3 Å². The van der Waals surface area contributed by atoms with Crippen molar-refractivity contribution in [3.63, 3.8) is 0 Å². The third-order valence-electron chi connectivity index (χ3n) is 2.74. The van der Waals surface area contributed by atoms with E-state index in [9.17, 15) is 9.59 Å². The van der Waals surface area contributed by atoms with Gasteiger partial charge < -0.3 is 15.0 Å². The van der Waals surface area contributed by atoms with Crippen LogP contribution in [0.5, 0.6) is 0 Å². The normalized spacial score (nSPS) is 16.3. The average molecular weight is 252 g/mol. The molecule has 1 aliphatic heterocycles. The summed E-state index contributed by atoms with van der Waals surface area (Å²) in [6.07, 6.45) is 6.11. The second-order valence-electron chi connectivity index (χ2n) is 4.63. The van der Waals surface area contributed by atoms with Crippen molar-refractivity contribution in [3.05, 3.63) is 24.0 Å². The van der Waals surface area contributed by atoms with Crippen LogP contribution >= 0.6 is 0 Å². The van der Waals surface area contributed by atoms with Crippen molar-refractivity contribution >= 4 is 11.9 Å². The maximum atomic E-state index is 12.0. The van der Waals surface area contributed by atoms with Crippen LogP contribution in [0.2, 0.25) is 0 Å². The lowest BCUT2D eigenvalue weighted by molar-refractivity contribution is -0.146. The van der Waals surface area contributed by atoms with E-state index in [0.717, 1.165) is 0 Å². The van der Waals surface area contributed by atoms with Crippen LogP contribution in [0, 0.1) is 5.92 Å². The summed E-state index contributed by atoms with van der Waals surface area (Å²) >= 11 is 0. The van der Waals surface area contributed by atoms with Gasteiger partial charge in [0.25, 0.3) is 0 Å². The van der Waals surface area contributed by atoms with Gasteiger partial charge in [0, 0.05) is 18.8 Å². The standard InChI is InChI=1S/C13H20N2O3/c1-9(2)11(13(17)18-4)14-12(16)10-6-5-7-15(3)8-10/h5,7-9,11H,6H2,1-4H3,(H,14,16)/t11-/m0/s1. The first-order chi connectivity index (χ1) is 8.45. The van der Waals surface area contributed by atoms with Crippen LogP contribution < -0.4 is 5.32 Å². The number of esters is 1. The van der Waals surface area contributed by atoms with Crippen LogP contribution in [0.3, 0.4) is 0 Å². The Kier molecular flexibility index (Phi) is 4.95. The van der Waals surface area contributed by atoms with Crippen molar-refractivity contribution in [1.82, 2.24) is 10.2 Å². The molecule has 0 bridgehead atoms. The molecule has 1 heterocycles. The van der Waals surface area contributed by atoms with Gasteiger partial charge >= 0.3 is 5.97 Å². The molecule has 0 radical (unpaired) electrons. The monoisotopic (exact) mass is 252 g/mol. The Balaban J connectivity index is 2.70. The Hall–Kier alpha value is -1.78. The van der Waals surface area contributed by atoms with Gasteiger partial charge in [0.2, 0.25) is 5.91 Å². The predicted molar refractivity (Wildman–Crippen MR) is 68.4 cm³/mol. The van der Waals surface area contributed by atoms with Crippen LogP contribution in [-0.4, -0.2) is 37.0 Å². The van der Waals surface area contributed by atoms with E-state index < -0.39 is 12.0 Å². The van der Waals surface area contributed by atoms with Gasteiger partial charge in [-0.2, -0.15) is 0 Å². The molecular weight excluding hydrogens is 232 g/mol. The maximum absolute atomic E-state index is 12.0. The summed E-state index contributed by atoms with van der Waals surface area (Å²) in [4.78, 5) is 25.4. The largest absolute Gasteiger partial charge is 0.467 e. The SMILES string of the molecule is COC(=O)[C@@H](NC(=O)C1=CN(C)C=CC1)C(C)C. The first-order valence-corrected chi connectivity index (χ1v) is 5.93. The minimum Gasteiger partial charge on any atom is -0.467 e. The summed E-state index contributed by atoms with van der Waals surface area (Å²) < 4.78 is 4.69. The molecule has 5 heteroatoms. The summed E-state index contributed by atoms with van der Waals surface area (Å²) in [5.74, 6) is -0.659. The minimum absolute atomic E-state index is 0.0149. The number of nitrogens with one attached hydrogen (secondary N) is 1. The number of methoxy groups -OCH3 is 1. The molecule has 1 aliphatic rings. The van der Waals surface area contributed by atoms with E-state index >= 15 is 0 Å². The van der Waals surface area contributed by atoms with E-state index in [1.165, 1.54) is 7.11 Å². The lowest BCUT2D eigenvalue weighted by Crippen LogP contribution is -2.45. The molecule has 1 N–H and O–H groups in total. The van der Waals surface area contributed by atoms with E-state index in [4.69, 9.17) is 0 Å². The van der Waals surface area contributed by atoms with Crippen LogP contribution in [0.4, 0.5) is 0 Å². The zero-order valence-electron chi connectivity index (χ0n) is 11.3. The summed E-state index contributed by atoms with van der Waals surface area (Å²) in [5, 5.41) is 2.72. The number of amides is 1. The fraction of sp³-hybridized carbons (Fsp3) is 0.538. The molecule has 1 atom stereocenters. The maximum Gasteiger partial charge on any atom is 0.328 e. The minimum atomic E-state index is -0.611. The molecule has 1 amide bonds. The van der Waals surface area contributed by atoms with E-state index in [1.807, 2.05) is 33.2 Å². The molecule has 1 rings (SSSR count). The first kappa shape index (κ1) is 14.3. The number of allylic oxidation sites excluding steroid dienone is 1. The van der Waals surface area contributed by atoms with Crippen molar-refractivity contribution in [1.29, 1.82) is 0 Å². The summed E-state index contributed by atoms with van der Waals surface area (Å²) in [7, 11) is 3.17. The van der Waals surface area contributed by atoms with Crippen LogP contribution in [0.25, 0.3) is 0 Å². The second-order valence-corrected chi connectivity index (χ2v) is 4.63. The lowest BCUT2D eigenvalue weighted by Gasteiger charge is -2.22. The van der Waals surface area contributed by atoms with E-state index in [0.29, 0.717) is 12.0 Å². The highest BCUT2D eigenvalue weighted by Gasteiger charge is 2.26. The fourth-order valence-corrected chi connectivity index (χ4v) is 1.70. The number of rotatable bonds is 4. The Labute approximate surface area is 107 Å². The Bertz CT molecular complexity index is 386. The molecule has 0 saturated heterocycles. The molecule has 0 aromatic rings. The van der Waals surface area contributed by atoms with Crippen LogP contribution in [-0.2, 0) is 14.3 Å². The number of carbonyl (C=O) groups is 2. The van der Waals surface area contributed by atoms with Gasteiger partial charge in [0.1, 0.15) is 6.04 Å². The molecule has 5 nitrogen and oxygen atoms in total. The average Bonchev–Trinajstić information content (AvgIpc) is 2.34. The number of nitrogens with zero attached hydrogens (tertiary/aromatic N) is 1. The van der Waals surface area contributed by atoms with E-state index in [2.05, 4.69) is 10.1 Å². The zero-order valence-corrected chi connectivity index (χ0v) is 11.3. The van der Waals surface area contributed by atoms with Crippen molar-refractivity contribution in [2.24, 2.45) is 5.92 Å². The van der Waals surface area contributed by atoms with Gasteiger partial charge in [-0.15, -0.1) is 0 Å². The Morgan fingerprint density at radius 2 is 2.11 bits per heavy atom. The molecule has 0 unspecified atom stereocenters. The van der Waals surface area contributed by atoms with Crippen LogP contribution in [0.1, 0.15) is 20.3 Å². The molecule has 100 valence electrons. The highest BCUT2D eigenvalue weighted by Crippen LogP contribution is 2.12.